The van der Waals surface area contributed by atoms with Crippen molar-refractivity contribution in [1.82, 2.24) is 4.90 Å². The van der Waals surface area contributed by atoms with Crippen molar-refractivity contribution >= 4 is 27.5 Å². The normalized spacial score (nSPS) is 25.1. The summed E-state index contributed by atoms with van der Waals surface area (Å²) >= 11 is 0. The lowest BCUT2D eigenvalue weighted by atomic mass is 9.92. The summed E-state index contributed by atoms with van der Waals surface area (Å²) in [7, 11) is -1.17. The van der Waals surface area contributed by atoms with Crippen molar-refractivity contribution in [1.29, 1.82) is 0 Å². The molecule has 3 aromatic carbocycles. The molecule has 118 valence electrons. The first-order chi connectivity index (χ1) is 11.7. The Morgan fingerprint density at radius 3 is 2.50 bits per heavy atom. The number of nitrogens with zero attached hydrogens (tertiary/aromatic N) is 1. The van der Waals surface area contributed by atoms with Crippen molar-refractivity contribution in [2.45, 2.75) is 4.87 Å². The highest BCUT2D eigenvalue weighted by Crippen LogP contribution is 2.51. The predicted octanol–water partition coefficient (Wildman–Crippen LogP) is 3.26. The molecule has 1 fully saturated rings. The highest BCUT2D eigenvalue weighted by Gasteiger charge is 2.58. The first kappa shape index (κ1) is 13.9. The van der Waals surface area contributed by atoms with Gasteiger partial charge in [0.2, 0.25) is 0 Å². The average molecular weight is 333 g/mol. The first-order valence-corrected chi connectivity index (χ1v) is 9.34. The van der Waals surface area contributed by atoms with Crippen LogP contribution in [0.25, 0.3) is 10.8 Å². The zero-order chi connectivity index (χ0) is 16.3. The molecular weight excluding hydrogens is 318 g/mol. The largest absolute Gasteiger partial charge is 0.313 e. The lowest BCUT2D eigenvalue weighted by Crippen LogP contribution is -2.41. The number of carbonyl (C=O) groups is 1. The smallest absolute Gasteiger partial charge is 0.256 e. The van der Waals surface area contributed by atoms with E-state index in [9.17, 15) is 9.00 Å². The average Bonchev–Trinajstić information content (AvgIpc) is 3.10. The Morgan fingerprint density at radius 1 is 0.875 bits per heavy atom. The number of hydrogen-bond acceptors (Lipinski definition) is 2. The third kappa shape index (κ3) is 1.52. The number of benzene rings is 3. The fourth-order valence-corrected chi connectivity index (χ4v) is 6.07. The van der Waals surface area contributed by atoms with Gasteiger partial charge in [0.05, 0.1) is 10.8 Å². The topological polar surface area (TPSA) is 37.4 Å². The van der Waals surface area contributed by atoms with Gasteiger partial charge in [0.15, 0.2) is 4.87 Å². The molecule has 5 rings (SSSR count). The Kier molecular flexibility index (Phi) is 2.77. The molecule has 0 bridgehead atoms. The highest BCUT2D eigenvalue weighted by atomic mass is 32.2. The molecule has 4 heteroatoms. The summed E-state index contributed by atoms with van der Waals surface area (Å²) in [5, 5.41) is 2.16. The Bertz CT molecular complexity index is 1020. The van der Waals surface area contributed by atoms with E-state index in [1.165, 1.54) is 0 Å². The van der Waals surface area contributed by atoms with Gasteiger partial charge < -0.3 is 4.90 Å². The third-order valence-corrected chi connectivity index (χ3v) is 7.00. The summed E-state index contributed by atoms with van der Waals surface area (Å²) in [4.78, 5) is 13.9. The van der Waals surface area contributed by atoms with Crippen LogP contribution in [0.3, 0.4) is 0 Å². The monoisotopic (exact) mass is 333 g/mol. The maximum absolute atomic E-state index is 13.2. The van der Waals surface area contributed by atoms with E-state index in [4.69, 9.17) is 0 Å². The molecule has 2 aliphatic rings. The van der Waals surface area contributed by atoms with Gasteiger partial charge in [0.1, 0.15) is 0 Å². The second-order valence-corrected chi connectivity index (χ2v) is 7.91. The zero-order valence-corrected chi connectivity index (χ0v) is 13.8. The van der Waals surface area contributed by atoms with Crippen LogP contribution in [-0.2, 0) is 15.7 Å². The second-order valence-electron chi connectivity index (χ2n) is 6.22. The number of rotatable bonds is 1. The van der Waals surface area contributed by atoms with Crippen molar-refractivity contribution in [3.8, 4) is 0 Å². The summed E-state index contributed by atoms with van der Waals surface area (Å²) in [5.41, 5.74) is 2.52. The van der Waals surface area contributed by atoms with Crippen molar-refractivity contribution in [2.24, 2.45) is 0 Å². The van der Waals surface area contributed by atoms with Crippen LogP contribution >= 0.6 is 0 Å². The van der Waals surface area contributed by atoms with E-state index in [2.05, 4.69) is 18.2 Å². The number of carbonyl (C=O) groups excluding carboxylic acids is 1. The SMILES string of the molecule is O=C1c2ccccc2C2(c3cccc4ccccc34)N1CCS2=O. The summed E-state index contributed by atoms with van der Waals surface area (Å²) in [6.45, 7) is 0.531. The van der Waals surface area contributed by atoms with Gasteiger partial charge >= 0.3 is 0 Å². The van der Waals surface area contributed by atoms with Crippen LogP contribution in [0.1, 0.15) is 21.5 Å². The molecule has 3 nitrogen and oxygen atoms in total. The van der Waals surface area contributed by atoms with Gasteiger partial charge in [0, 0.05) is 29.0 Å². The van der Waals surface area contributed by atoms with Crippen LogP contribution in [0.15, 0.2) is 66.7 Å². The molecule has 2 unspecified atom stereocenters. The quantitative estimate of drug-likeness (QED) is 0.685. The summed E-state index contributed by atoms with van der Waals surface area (Å²) in [6, 6.07) is 21.8. The van der Waals surface area contributed by atoms with Gasteiger partial charge in [-0.1, -0.05) is 60.7 Å². The molecule has 0 saturated carbocycles. The second kappa shape index (κ2) is 4.77. The van der Waals surface area contributed by atoms with Gasteiger partial charge in [-0.2, -0.15) is 0 Å². The molecule has 3 aromatic rings. The maximum Gasteiger partial charge on any atom is 0.256 e. The Balaban J connectivity index is 1.93. The van der Waals surface area contributed by atoms with Gasteiger partial charge in [0.25, 0.3) is 5.91 Å². The van der Waals surface area contributed by atoms with E-state index in [0.29, 0.717) is 17.9 Å². The minimum absolute atomic E-state index is 0.00983. The molecule has 0 spiro atoms. The van der Waals surface area contributed by atoms with E-state index in [0.717, 1.165) is 21.9 Å². The fraction of sp³-hybridized carbons (Fsp3) is 0.150. The van der Waals surface area contributed by atoms with Gasteiger partial charge in [-0.15, -0.1) is 0 Å². The molecule has 0 radical (unpaired) electrons. The van der Waals surface area contributed by atoms with E-state index >= 15 is 0 Å². The molecule has 2 aliphatic heterocycles. The van der Waals surface area contributed by atoms with Crippen LogP contribution in [0.4, 0.5) is 0 Å². The minimum atomic E-state index is -1.17. The van der Waals surface area contributed by atoms with E-state index in [1.807, 2.05) is 53.4 Å². The summed E-state index contributed by atoms with van der Waals surface area (Å²) in [5.74, 6) is 0.507. The Morgan fingerprint density at radius 2 is 1.58 bits per heavy atom. The zero-order valence-electron chi connectivity index (χ0n) is 12.9. The van der Waals surface area contributed by atoms with E-state index in [-0.39, 0.29) is 5.91 Å². The Hall–Kier alpha value is -2.46. The fourth-order valence-electron chi connectivity index (χ4n) is 4.16. The lowest BCUT2D eigenvalue weighted by molar-refractivity contribution is 0.0751. The van der Waals surface area contributed by atoms with Gasteiger partial charge in [-0.25, -0.2) is 0 Å². The minimum Gasteiger partial charge on any atom is -0.313 e. The lowest BCUT2D eigenvalue weighted by Gasteiger charge is -2.33. The van der Waals surface area contributed by atoms with Gasteiger partial charge in [-0.05, 0) is 16.8 Å². The molecule has 0 aromatic heterocycles. The number of hydrogen-bond donors (Lipinski definition) is 0. The highest BCUT2D eigenvalue weighted by molar-refractivity contribution is 7.86. The van der Waals surface area contributed by atoms with E-state index in [1.54, 1.807) is 0 Å². The molecular formula is C20H15NO2S. The van der Waals surface area contributed by atoms with Crippen molar-refractivity contribution in [3.63, 3.8) is 0 Å². The number of amides is 1. The van der Waals surface area contributed by atoms with Crippen LogP contribution in [0.5, 0.6) is 0 Å². The molecule has 0 aliphatic carbocycles. The van der Waals surface area contributed by atoms with Crippen LogP contribution < -0.4 is 0 Å². The van der Waals surface area contributed by atoms with Gasteiger partial charge in [-0.3, -0.25) is 9.00 Å². The molecule has 1 amide bonds. The standard InChI is InChI=1S/C20H15NO2S/c22-19-16-9-3-4-10-18(16)20(21(19)12-13-24(20)23)17-11-5-7-14-6-1-2-8-15(14)17/h1-11H,12-13H2. The molecule has 0 N–H and O–H groups in total. The first-order valence-electron chi connectivity index (χ1n) is 8.03. The van der Waals surface area contributed by atoms with Crippen molar-refractivity contribution in [2.75, 3.05) is 12.3 Å². The Labute approximate surface area is 142 Å². The van der Waals surface area contributed by atoms with E-state index < -0.39 is 15.7 Å². The van der Waals surface area contributed by atoms with Crippen molar-refractivity contribution in [3.05, 3.63) is 83.4 Å². The van der Waals surface area contributed by atoms with Crippen LogP contribution in [0, 0.1) is 0 Å². The number of fused-ring (bicyclic) bond motifs is 4. The molecule has 2 heterocycles. The maximum atomic E-state index is 13.2. The third-order valence-electron chi connectivity index (χ3n) is 5.13. The van der Waals surface area contributed by atoms with Crippen LogP contribution in [-0.4, -0.2) is 27.3 Å². The molecule has 1 saturated heterocycles. The van der Waals surface area contributed by atoms with Crippen molar-refractivity contribution < 1.29 is 9.00 Å². The molecule has 2 atom stereocenters. The molecule has 24 heavy (non-hydrogen) atoms. The van der Waals surface area contributed by atoms with Crippen LogP contribution in [0.2, 0.25) is 0 Å². The predicted molar refractivity (Wildman–Crippen MR) is 95.2 cm³/mol. The summed E-state index contributed by atoms with van der Waals surface area (Å²) < 4.78 is 13.2. The summed E-state index contributed by atoms with van der Waals surface area (Å²) in [6.07, 6.45) is 0.